The van der Waals surface area contributed by atoms with Crippen LogP contribution in [0.3, 0.4) is 0 Å². The Labute approximate surface area is 220 Å². The Balaban J connectivity index is 1.72. The summed E-state index contributed by atoms with van der Waals surface area (Å²) in [7, 11) is 0. The minimum absolute atomic E-state index is 0.223. The number of aromatic nitrogens is 2. The standard InChI is InChI=1S/C27H22Br2N4O2/c1-2-3-8-26-32-24-11-9-22(29)14-23(24)27(34)33(26)31-16-20-13-21(28)10-12-25(20)35-17-19-7-5-4-6-18(19)15-30/h4-7,9-14,16H,2-3,8,17H2,1H3. The topological polar surface area (TPSA) is 80.3 Å². The molecule has 0 saturated heterocycles. The third-order valence-electron chi connectivity index (χ3n) is 5.43. The first kappa shape index (κ1) is 24.8. The molecule has 0 aliphatic heterocycles. The molecule has 0 aliphatic carbocycles. The molecule has 0 radical (unpaired) electrons. The summed E-state index contributed by atoms with van der Waals surface area (Å²) >= 11 is 6.93. The van der Waals surface area contributed by atoms with Crippen LogP contribution in [0.5, 0.6) is 5.75 Å². The normalized spacial score (nSPS) is 11.1. The molecule has 8 heteroatoms. The second-order valence-electron chi connectivity index (χ2n) is 7.89. The summed E-state index contributed by atoms with van der Waals surface area (Å²) in [4.78, 5) is 18.1. The maximum atomic E-state index is 13.3. The van der Waals surface area contributed by atoms with Crippen molar-refractivity contribution in [2.24, 2.45) is 5.10 Å². The Bertz CT molecular complexity index is 1510. The molecular weight excluding hydrogens is 572 g/mol. The zero-order valence-corrected chi connectivity index (χ0v) is 22.2. The summed E-state index contributed by atoms with van der Waals surface area (Å²) in [5.41, 5.74) is 2.48. The Hall–Kier alpha value is -3.28. The summed E-state index contributed by atoms with van der Waals surface area (Å²) in [6.07, 6.45) is 4.12. The predicted molar refractivity (Wildman–Crippen MR) is 145 cm³/mol. The number of halogens is 2. The van der Waals surface area contributed by atoms with E-state index >= 15 is 0 Å². The van der Waals surface area contributed by atoms with Crippen molar-refractivity contribution < 1.29 is 4.74 Å². The van der Waals surface area contributed by atoms with E-state index in [-0.39, 0.29) is 12.2 Å². The number of aryl methyl sites for hydroxylation is 1. The number of benzene rings is 3. The Morgan fingerprint density at radius 1 is 1.11 bits per heavy atom. The van der Waals surface area contributed by atoms with Gasteiger partial charge in [0.2, 0.25) is 0 Å². The quantitative estimate of drug-likeness (QED) is 0.216. The molecule has 0 N–H and O–H groups in total. The highest BCUT2D eigenvalue weighted by Gasteiger charge is 2.12. The smallest absolute Gasteiger partial charge is 0.282 e. The van der Waals surface area contributed by atoms with Crippen LogP contribution in [0.25, 0.3) is 10.9 Å². The number of nitriles is 1. The molecule has 176 valence electrons. The number of hydrogen-bond acceptors (Lipinski definition) is 5. The van der Waals surface area contributed by atoms with Crippen molar-refractivity contribution >= 4 is 49.0 Å². The third kappa shape index (κ3) is 5.87. The Morgan fingerprint density at radius 3 is 2.69 bits per heavy atom. The van der Waals surface area contributed by atoms with Gasteiger partial charge in [0.05, 0.1) is 28.8 Å². The van der Waals surface area contributed by atoms with Gasteiger partial charge < -0.3 is 4.74 Å². The van der Waals surface area contributed by atoms with Gasteiger partial charge in [-0.1, -0.05) is 63.4 Å². The van der Waals surface area contributed by atoms with Crippen LogP contribution in [0.4, 0.5) is 0 Å². The fourth-order valence-electron chi connectivity index (χ4n) is 3.59. The zero-order chi connectivity index (χ0) is 24.8. The SMILES string of the molecule is CCCCc1nc2ccc(Br)cc2c(=O)n1N=Cc1cc(Br)ccc1OCc1ccccc1C#N. The van der Waals surface area contributed by atoms with Crippen molar-refractivity contribution in [1.29, 1.82) is 5.26 Å². The third-order valence-corrected chi connectivity index (χ3v) is 6.42. The predicted octanol–water partition coefficient (Wildman–Crippen LogP) is 6.60. The number of unbranched alkanes of at least 4 members (excludes halogenated alkanes) is 1. The summed E-state index contributed by atoms with van der Waals surface area (Å²) in [5, 5.41) is 14.4. The average molecular weight is 594 g/mol. The number of fused-ring (bicyclic) bond motifs is 1. The summed E-state index contributed by atoms with van der Waals surface area (Å²) in [6.45, 7) is 2.33. The number of hydrogen-bond donors (Lipinski definition) is 0. The monoisotopic (exact) mass is 592 g/mol. The van der Waals surface area contributed by atoms with E-state index in [1.807, 2.05) is 48.5 Å². The highest BCUT2D eigenvalue weighted by Crippen LogP contribution is 2.24. The molecule has 4 aromatic rings. The first-order valence-electron chi connectivity index (χ1n) is 11.2. The van der Waals surface area contributed by atoms with E-state index in [4.69, 9.17) is 9.72 Å². The van der Waals surface area contributed by atoms with E-state index in [2.05, 4.69) is 50.0 Å². The van der Waals surface area contributed by atoms with Gasteiger partial charge >= 0.3 is 0 Å². The van der Waals surface area contributed by atoms with Gasteiger partial charge in [0.25, 0.3) is 5.56 Å². The van der Waals surface area contributed by atoms with Crippen LogP contribution in [0, 0.1) is 11.3 Å². The van der Waals surface area contributed by atoms with Crippen LogP contribution in [0.2, 0.25) is 0 Å². The van der Waals surface area contributed by atoms with E-state index in [1.165, 1.54) is 4.68 Å². The maximum Gasteiger partial charge on any atom is 0.282 e. The van der Waals surface area contributed by atoms with Crippen molar-refractivity contribution in [3.63, 3.8) is 0 Å². The molecule has 0 spiro atoms. The molecule has 0 amide bonds. The lowest BCUT2D eigenvalue weighted by Crippen LogP contribution is -2.22. The molecule has 6 nitrogen and oxygen atoms in total. The van der Waals surface area contributed by atoms with Gasteiger partial charge in [-0.2, -0.15) is 15.0 Å². The van der Waals surface area contributed by atoms with Crippen molar-refractivity contribution in [2.75, 3.05) is 0 Å². The molecule has 3 aromatic carbocycles. The van der Waals surface area contributed by atoms with Crippen LogP contribution >= 0.6 is 31.9 Å². The minimum Gasteiger partial charge on any atom is -0.488 e. The molecule has 35 heavy (non-hydrogen) atoms. The van der Waals surface area contributed by atoms with Gasteiger partial charge in [-0.05, 0) is 48.9 Å². The van der Waals surface area contributed by atoms with Gasteiger partial charge in [-0.25, -0.2) is 4.98 Å². The van der Waals surface area contributed by atoms with Crippen LogP contribution in [-0.4, -0.2) is 15.9 Å². The molecule has 0 aliphatic rings. The van der Waals surface area contributed by atoms with E-state index in [0.29, 0.717) is 40.0 Å². The van der Waals surface area contributed by atoms with Crippen LogP contribution in [-0.2, 0) is 13.0 Å². The van der Waals surface area contributed by atoms with Gasteiger partial charge in [0.1, 0.15) is 18.2 Å². The fourth-order valence-corrected chi connectivity index (χ4v) is 4.33. The van der Waals surface area contributed by atoms with Gasteiger partial charge in [0.15, 0.2) is 0 Å². The van der Waals surface area contributed by atoms with Crippen molar-refractivity contribution in [3.05, 3.63) is 102 Å². The van der Waals surface area contributed by atoms with E-state index < -0.39 is 0 Å². The molecule has 4 rings (SSSR count). The lowest BCUT2D eigenvalue weighted by Gasteiger charge is -2.12. The van der Waals surface area contributed by atoms with E-state index in [9.17, 15) is 10.1 Å². The van der Waals surface area contributed by atoms with Crippen LogP contribution in [0.15, 0.2) is 79.5 Å². The fraction of sp³-hybridized carbons (Fsp3) is 0.185. The van der Waals surface area contributed by atoms with E-state index in [0.717, 1.165) is 27.4 Å². The van der Waals surface area contributed by atoms with Gasteiger partial charge in [0, 0.05) is 26.5 Å². The molecule has 1 heterocycles. The summed E-state index contributed by atoms with van der Waals surface area (Å²) in [5.74, 6) is 1.20. The highest BCUT2D eigenvalue weighted by molar-refractivity contribution is 9.10. The average Bonchev–Trinajstić information content (AvgIpc) is 2.87. The molecule has 0 unspecified atom stereocenters. The number of nitrogens with zero attached hydrogens (tertiary/aromatic N) is 4. The Morgan fingerprint density at radius 2 is 1.89 bits per heavy atom. The Kier molecular flexibility index (Phi) is 8.11. The molecule has 0 atom stereocenters. The summed E-state index contributed by atoms with van der Waals surface area (Å²) < 4.78 is 9.08. The van der Waals surface area contributed by atoms with Gasteiger partial charge in [-0.3, -0.25) is 4.79 Å². The van der Waals surface area contributed by atoms with Crippen molar-refractivity contribution in [3.8, 4) is 11.8 Å². The van der Waals surface area contributed by atoms with E-state index in [1.54, 1.807) is 18.3 Å². The maximum absolute atomic E-state index is 13.3. The van der Waals surface area contributed by atoms with Crippen LogP contribution < -0.4 is 10.3 Å². The molecule has 0 saturated carbocycles. The minimum atomic E-state index is -0.223. The van der Waals surface area contributed by atoms with Crippen LogP contribution in [0.1, 0.15) is 42.3 Å². The highest BCUT2D eigenvalue weighted by atomic mass is 79.9. The molecular formula is C27H22Br2N4O2. The first-order valence-corrected chi connectivity index (χ1v) is 12.7. The number of ether oxygens (including phenoxy) is 1. The lowest BCUT2D eigenvalue weighted by atomic mass is 10.1. The number of rotatable bonds is 8. The lowest BCUT2D eigenvalue weighted by molar-refractivity contribution is 0.305. The summed E-state index contributed by atoms with van der Waals surface area (Å²) in [6, 6.07) is 20.6. The first-order chi connectivity index (χ1) is 17.0. The molecule has 0 bridgehead atoms. The van der Waals surface area contributed by atoms with Gasteiger partial charge in [-0.15, -0.1) is 0 Å². The zero-order valence-electron chi connectivity index (χ0n) is 19.0. The van der Waals surface area contributed by atoms with Crippen molar-refractivity contribution in [2.45, 2.75) is 32.8 Å². The second-order valence-corrected chi connectivity index (χ2v) is 9.73. The molecule has 0 fully saturated rings. The second kappa shape index (κ2) is 11.4. The largest absolute Gasteiger partial charge is 0.488 e. The molecule has 1 aromatic heterocycles. The van der Waals surface area contributed by atoms with Crippen molar-refractivity contribution in [1.82, 2.24) is 9.66 Å².